The summed E-state index contributed by atoms with van der Waals surface area (Å²) in [6.07, 6.45) is 0.180. The van der Waals surface area contributed by atoms with Gasteiger partial charge in [-0.25, -0.2) is 0 Å². The SMILES string of the molecule is CCOc1ccccc1C(O)CCN(Cc1ccccc1)C(C)C. The Hall–Kier alpha value is -1.84. The monoisotopic (exact) mass is 327 g/mol. The van der Waals surface area contributed by atoms with Crippen molar-refractivity contribution in [2.75, 3.05) is 13.2 Å². The normalized spacial score (nSPS) is 12.6. The summed E-state index contributed by atoms with van der Waals surface area (Å²) in [7, 11) is 0. The summed E-state index contributed by atoms with van der Waals surface area (Å²) in [6, 6.07) is 18.7. The van der Waals surface area contributed by atoms with Crippen LogP contribution < -0.4 is 4.74 Å². The van der Waals surface area contributed by atoms with Crippen LogP contribution >= 0.6 is 0 Å². The van der Waals surface area contributed by atoms with Crippen molar-refractivity contribution in [3.63, 3.8) is 0 Å². The van der Waals surface area contributed by atoms with Crippen molar-refractivity contribution in [3.8, 4) is 5.75 Å². The molecule has 0 bridgehead atoms. The molecular weight excluding hydrogens is 298 g/mol. The second kappa shape index (κ2) is 9.45. The number of hydrogen-bond donors (Lipinski definition) is 1. The summed E-state index contributed by atoms with van der Waals surface area (Å²) < 4.78 is 5.63. The van der Waals surface area contributed by atoms with E-state index in [2.05, 4.69) is 43.0 Å². The van der Waals surface area contributed by atoms with Gasteiger partial charge in [-0.05, 0) is 38.8 Å². The first-order valence-electron chi connectivity index (χ1n) is 8.79. The first-order valence-corrected chi connectivity index (χ1v) is 8.79. The van der Waals surface area contributed by atoms with Crippen molar-refractivity contribution in [3.05, 3.63) is 65.7 Å². The highest BCUT2D eigenvalue weighted by Gasteiger charge is 2.16. The van der Waals surface area contributed by atoms with E-state index in [0.29, 0.717) is 19.1 Å². The van der Waals surface area contributed by atoms with Crippen LogP contribution in [0.3, 0.4) is 0 Å². The number of rotatable bonds is 9. The van der Waals surface area contributed by atoms with Gasteiger partial charge in [-0.1, -0.05) is 48.5 Å². The zero-order valence-electron chi connectivity index (χ0n) is 15.0. The average Bonchev–Trinajstić information content (AvgIpc) is 2.59. The predicted octanol–water partition coefficient (Wildman–Crippen LogP) is 4.42. The molecule has 130 valence electrons. The zero-order valence-corrected chi connectivity index (χ0v) is 15.0. The minimum atomic E-state index is -0.509. The molecule has 1 unspecified atom stereocenters. The molecule has 0 heterocycles. The molecule has 0 radical (unpaired) electrons. The van der Waals surface area contributed by atoms with Gasteiger partial charge >= 0.3 is 0 Å². The van der Waals surface area contributed by atoms with E-state index in [1.54, 1.807) is 0 Å². The van der Waals surface area contributed by atoms with E-state index in [0.717, 1.165) is 24.4 Å². The highest BCUT2D eigenvalue weighted by Crippen LogP contribution is 2.27. The maximum atomic E-state index is 10.6. The van der Waals surface area contributed by atoms with Crippen LogP contribution in [-0.4, -0.2) is 29.2 Å². The summed E-state index contributed by atoms with van der Waals surface area (Å²) in [4.78, 5) is 2.39. The van der Waals surface area contributed by atoms with Crippen molar-refractivity contribution in [1.82, 2.24) is 4.90 Å². The molecule has 0 aliphatic carbocycles. The molecule has 0 saturated carbocycles. The second-order valence-corrected chi connectivity index (χ2v) is 6.33. The zero-order chi connectivity index (χ0) is 17.4. The topological polar surface area (TPSA) is 32.7 Å². The third-order valence-corrected chi connectivity index (χ3v) is 4.23. The van der Waals surface area contributed by atoms with Crippen LogP contribution in [0.15, 0.2) is 54.6 Å². The lowest BCUT2D eigenvalue weighted by Gasteiger charge is -2.28. The molecule has 2 aromatic rings. The molecule has 0 aliphatic rings. The molecule has 0 fully saturated rings. The van der Waals surface area contributed by atoms with Crippen molar-refractivity contribution >= 4 is 0 Å². The minimum absolute atomic E-state index is 0.430. The van der Waals surface area contributed by atoms with Crippen LogP contribution in [0, 0.1) is 0 Å². The average molecular weight is 327 g/mol. The fraction of sp³-hybridized carbons (Fsp3) is 0.429. The van der Waals surface area contributed by atoms with E-state index in [1.165, 1.54) is 5.56 Å². The van der Waals surface area contributed by atoms with E-state index in [1.807, 2.05) is 37.3 Å². The Kier molecular flexibility index (Phi) is 7.29. The highest BCUT2D eigenvalue weighted by molar-refractivity contribution is 5.35. The van der Waals surface area contributed by atoms with Crippen LogP contribution in [0.1, 0.15) is 44.4 Å². The Labute approximate surface area is 145 Å². The molecule has 0 spiro atoms. The molecule has 1 atom stereocenters. The quantitative estimate of drug-likeness (QED) is 0.740. The van der Waals surface area contributed by atoms with E-state index in [9.17, 15) is 5.11 Å². The minimum Gasteiger partial charge on any atom is -0.493 e. The molecule has 0 saturated heterocycles. The Morgan fingerprint density at radius 2 is 1.67 bits per heavy atom. The third-order valence-electron chi connectivity index (χ3n) is 4.23. The second-order valence-electron chi connectivity index (χ2n) is 6.33. The standard InChI is InChI=1S/C21H29NO2/c1-4-24-21-13-9-8-12-19(21)20(23)14-15-22(17(2)3)16-18-10-6-5-7-11-18/h5-13,17,20,23H,4,14-16H2,1-3H3. The Balaban J connectivity index is 1.99. The number of nitrogens with zero attached hydrogens (tertiary/aromatic N) is 1. The Bertz CT molecular complexity index is 598. The van der Waals surface area contributed by atoms with Gasteiger partial charge in [-0.2, -0.15) is 0 Å². The van der Waals surface area contributed by atoms with Crippen LogP contribution in [0.2, 0.25) is 0 Å². The number of ether oxygens (including phenoxy) is 1. The van der Waals surface area contributed by atoms with Gasteiger partial charge in [0.15, 0.2) is 0 Å². The molecule has 2 aromatic carbocycles. The van der Waals surface area contributed by atoms with Crippen LogP contribution in [0.5, 0.6) is 5.75 Å². The first-order chi connectivity index (χ1) is 11.6. The van der Waals surface area contributed by atoms with Crippen LogP contribution in [0.25, 0.3) is 0 Å². The van der Waals surface area contributed by atoms with E-state index in [-0.39, 0.29) is 0 Å². The van der Waals surface area contributed by atoms with E-state index >= 15 is 0 Å². The highest BCUT2D eigenvalue weighted by atomic mass is 16.5. The fourth-order valence-electron chi connectivity index (χ4n) is 2.82. The van der Waals surface area contributed by atoms with Crippen molar-refractivity contribution in [2.24, 2.45) is 0 Å². The molecule has 2 rings (SSSR count). The number of benzene rings is 2. The van der Waals surface area contributed by atoms with Crippen LogP contribution in [0.4, 0.5) is 0 Å². The van der Waals surface area contributed by atoms with Gasteiger partial charge in [-0.3, -0.25) is 4.90 Å². The van der Waals surface area contributed by atoms with E-state index < -0.39 is 6.10 Å². The molecule has 3 heteroatoms. The lowest BCUT2D eigenvalue weighted by molar-refractivity contribution is 0.124. The number of hydrogen-bond acceptors (Lipinski definition) is 3. The molecule has 0 amide bonds. The first kappa shape index (κ1) is 18.5. The van der Waals surface area contributed by atoms with Gasteiger partial charge in [0, 0.05) is 24.7 Å². The van der Waals surface area contributed by atoms with Gasteiger partial charge in [0.1, 0.15) is 5.75 Å². The number of para-hydroxylation sites is 1. The largest absolute Gasteiger partial charge is 0.493 e. The summed E-state index contributed by atoms with van der Waals surface area (Å²) in [5.41, 5.74) is 2.18. The van der Waals surface area contributed by atoms with E-state index in [4.69, 9.17) is 4.74 Å². The van der Waals surface area contributed by atoms with Crippen molar-refractivity contribution in [2.45, 2.75) is 45.9 Å². The van der Waals surface area contributed by atoms with Gasteiger partial charge in [0.2, 0.25) is 0 Å². The van der Waals surface area contributed by atoms with Crippen LogP contribution in [-0.2, 0) is 6.54 Å². The van der Waals surface area contributed by atoms with Crippen molar-refractivity contribution < 1.29 is 9.84 Å². The van der Waals surface area contributed by atoms with Gasteiger partial charge < -0.3 is 9.84 Å². The number of aliphatic hydroxyl groups is 1. The maximum absolute atomic E-state index is 10.6. The van der Waals surface area contributed by atoms with Gasteiger partial charge in [0.05, 0.1) is 12.7 Å². The molecule has 0 aromatic heterocycles. The smallest absolute Gasteiger partial charge is 0.125 e. The summed E-state index contributed by atoms with van der Waals surface area (Å²) in [5.74, 6) is 0.784. The predicted molar refractivity (Wildman–Crippen MR) is 99.2 cm³/mol. The molecule has 1 N–H and O–H groups in total. The molecule has 24 heavy (non-hydrogen) atoms. The lowest BCUT2D eigenvalue weighted by atomic mass is 10.0. The Morgan fingerprint density at radius 1 is 1.00 bits per heavy atom. The fourth-order valence-corrected chi connectivity index (χ4v) is 2.82. The molecular formula is C21H29NO2. The lowest BCUT2D eigenvalue weighted by Crippen LogP contribution is -2.32. The van der Waals surface area contributed by atoms with Crippen molar-refractivity contribution in [1.29, 1.82) is 0 Å². The van der Waals surface area contributed by atoms with Gasteiger partial charge in [0.25, 0.3) is 0 Å². The summed E-state index contributed by atoms with van der Waals surface area (Å²) >= 11 is 0. The Morgan fingerprint density at radius 3 is 2.33 bits per heavy atom. The number of aliphatic hydroxyl groups excluding tert-OH is 1. The summed E-state index contributed by atoms with van der Waals surface area (Å²) in [5, 5.41) is 10.6. The summed E-state index contributed by atoms with van der Waals surface area (Å²) in [6.45, 7) is 8.71. The maximum Gasteiger partial charge on any atom is 0.125 e. The van der Waals surface area contributed by atoms with Gasteiger partial charge in [-0.15, -0.1) is 0 Å². The molecule has 3 nitrogen and oxygen atoms in total. The molecule has 0 aliphatic heterocycles. The third kappa shape index (κ3) is 5.36.